The van der Waals surface area contributed by atoms with Crippen LogP contribution in [0, 0.1) is 11.8 Å². The fourth-order valence-corrected chi connectivity index (χ4v) is 3.45. The van der Waals surface area contributed by atoms with Crippen molar-refractivity contribution in [2.45, 2.75) is 38.8 Å². The van der Waals surface area contributed by atoms with Crippen molar-refractivity contribution < 1.29 is 0 Å². The zero-order chi connectivity index (χ0) is 15.0. The average molecular weight is 304 g/mol. The normalized spacial score (nSPS) is 29.5. The molecule has 1 aliphatic carbocycles. The van der Waals surface area contributed by atoms with E-state index in [0.717, 1.165) is 34.5 Å². The number of hydrogen-bond acceptors (Lipinski definition) is 3. The number of anilines is 1. The molecule has 3 nitrogen and oxygen atoms in total. The molecule has 112 valence electrons. The molecule has 1 aliphatic rings. The molecule has 0 unspecified atom stereocenters. The number of nitrogens with two attached hydrogens (primary N) is 1. The van der Waals surface area contributed by atoms with Gasteiger partial charge in [0.1, 0.15) is 0 Å². The van der Waals surface area contributed by atoms with Crippen molar-refractivity contribution in [3.63, 3.8) is 0 Å². The molecule has 3 rings (SSSR count). The molecule has 0 amide bonds. The molecule has 1 aromatic carbocycles. The minimum absolute atomic E-state index is 0.325. The van der Waals surface area contributed by atoms with E-state index in [0.29, 0.717) is 23.9 Å². The Labute approximate surface area is 130 Å². The standard InChI is InChI=1S/C17H22ClN3/c1-10-8-16(11(2)7-14(10)19)21-15-5-6-20-17-9-12(18)3-4-13(15)17/h3-6,9-11,14,16H,7-8,19H2,1-2H3,(H,20,21)/t10-,11-,14+,16+/m1/s1. The van der Waals surface area contributed by atoms with E-state index in [1.807, 2.05) is 30.5 Å². The van der Waals surface area contributed by atoms with E-state index in [2.05, 4.69) is 24.1 Å². The van der Waals surface area contributed by atoms with Crippen LogP contribution < -0.4 is 11.1 Å². The third-order valence-electron chi connectivity index (χ3n) is 4.73. The van der Waals surface area contributed by atoms with E-state index in [1.54, 1.807) is 0 Å². The van der Waals surface area contributed by atoms with Gasteiger partial charge in [-0.25, -0.2) is 0 Å². The van der Waals surface area contributed by atoms with Gasteiger partial charge in [-0.3, -0.25) is 4.98 Å². The molecule has 0 radical (unpaired) electrons. The van der Waals surface area contributed by atoms with E-state index in [9.17, 15) is 0 Å². The first-order valence-corrected chi connectivity index (χ1v) is 7.99. The summed E-state index contributed by atoms with van der Waals surface area (Å²) in [5.74, 6) is 1.13. The van der Waals surface area contributed by atoms with Crippen LogP contribution in [0.4, 0.5) is 5.69 Å². The monoisotopic (exact) mass is 303 g/mol. The molecule has 0 spiro atoms. The van der Waals surface area contributed by atoms with Gasteiger partial charge in [0.15, 0.2) is 0 Å². The summed E-state index contributed by atoms with van der Waals surface area (Å²) in [6.07, 6.45) is 4.02. The molecule has 4 atom stereocenters. The molecule has 1 fully saturated rings. The number of rotatable bonds is 2. The molecule has 0 saturated heterocycles. The zero-order valence-corrected chi connectivity index (χ0v) is 13.3. The van der Waals surface area contributed by atoms with Crippen LogP contribution in [0.3, 0.4) is 0 Å². The minimum Gasteiger partial charge on any atom is -0.381 e. The second kappa shape index (κ2) is 5.82. The van der Waals surface area contributed by atoms with Crippen LogP contribution in [0.25, 0.3) is 10.9 Å². The fourth-order valence-electron chi connectivity index (χ4n) is 3.28. The number of nitrogens with zero attached hydrogens (tertiary/aromatic N) is 1. The molecular formula is C17H22ClN3. The van der Waals surface area contributed by atoms with E-state index in [1.165, 1.54) is 0 Å². The van der Waals surface area contributed by atoms with Crippen LogP contribution in [-0.2, 0) is 0 Å². The number of pyridine rings is 1. The Morgan fingerprint density at radius 2 is 2.00 bits per heavy atom. The van der Waals surface area contributed by atoms with Gasteiger partial charge >= 0.3 is 0 Å². The average Bonchev–Trinajstić information content (AvgIpc) is 2.44. The predicted molar refractivity (Wildman–Crippen MR) is 89.7 cm³/mol. The molecule has 4 heteroatoms. The summed E-state index contributed by atoms with van der Waals surface area (Å²) in [6, 6.07) is 8.69. The lowest BCUT2D eigenvalue weighted by molar-refractivity contribution is 0.244. The SMILES string of the molecule is C[C@@H]1C[C@H](N)[C@H](C)C[C@@H]1Nc1ccnc2cc(Cl)ccc12. The molecule has 2 aromatic rings. The van der Waals surface area contributed by atoms with Gasteiger partial charge in [-0.05, 0) is 48.9 Å². The minimum atomic E-state index is 0.325. The molecule has 3 N–H and O–H groups in total. The van der Waals surface area contributed by atoms with Crippen LogP contribution in [0.5, 0.6) is 0 Å². The molecule has 1 saturated carbocycles. The Hall–Kier alpha value is -1.32. The third-order valence-corrected chi connectivity index (χ3v) is 4.97. The van der Waals surface area contributed by atoms with Crippen molar-refractivity contribution >= 4 is 28.2 Å². The number of hydrogen-bond donors (Lipinski definition) is 2. The third kappa shape index (κ3) is 2.99. The predicted octanol–water partition coefficient (Wildman–Crippen LogP) is 4.06. The summed E-state index contributed by atoms with van der Waals surface area (Å²) < 4.78 is 0. The molecule has 1 heterocycles. The summed E-state index contributed by atoms with van der Waals surface area (Å²) in [5.41, 5.74) is 8.25. The largest absolute Gasteiger partial charge is 0.381 e. The lowest BCUT2D eigenvalue weighted by atomic mass is 9.77. The van der Waals surface area contributed by atoms with Gasteiger partial charge in [-0.1, -0.05) is 25.4 Å². The first-order valence-electron chi connectivity index (χ1n) is 7.61. The summed E-state index contributed by atoms with van der Waals surface area (Å²) in [6.45, 7) is 4.53. The van der Waals surface area contributed by atoms with Crippen LogP contribution >= 0.6 is 11.6 Å². The highest BCUT2D eigenvalue weighted by Crippen LogP contribution is 2.32. The van der Waals surface area contributed by atoms with Gasteiger partial charge in [0.25, 0.3) is 0 Å². The number of aromatic nitrogens is 1. The summed E-state index contributed by atoms with van der Waals surface area (Å²) in [7, 11) is 0. The molecule has 0 aliphatic heterocycles. The second-order valence-electron chi connectivity index (χ2n) is 6.36. The zero-order valence-electron chi connectivity index (χ0n) is 12.5. The topological polar surface area (TPSA) is 50.9 Å². The van der Waals surface area contributed by atoms with Crippen molar-refractivity contribution in [3.8, 4) is 0 Å². The van der Waals surface area contributed by atoms with Crippen molar-refractivity contribution in [2.24, 2.45) is 17.6 Å². The van der Waals surface area contributed by atoms with Gasteiger partial charge in [0, 0.05) is 34.4 Å². The summed E-state index contributed by atoms with van der Waals surface area (Å²) in [4.78, 5) is 4.40. The maximum absolute atomic E-state index is 6.18. The maximum Gasteiger partial charge on any atom is 0.0737 e. The van der Waals surface area contributed by atoms with Crippen LogP contribution in [0.1, 0.15) is 26.7 Å². The molecular weight excluding hydrogens is 282 g/mol. The lowest BCUT2D eigenvalue weighted by Gasteiger charge is -2.38. The second-order valence-corrected chi connectivity index (χ2v) is 6.80. The molecule has 0 bridgehead atoms. The Balaban J connectivity index is 1.88. The molecule has 21 heavy (non-hydrogen) atoms. The quantitative estimate of drug-likeness (QED) is 0.879. The smallest absolute Gasteiger partial charge is 0.0737 e. The lowest BCUT2D eigenvalue weighted by Crippen LogP contribution is -2.44. The maximum atomic E-state index is 6.18. The van der Waals surface area contributed by atoms with E-state index >= 15 is 0 Å². The van der Waals surface area contributed by atoms with Crippen LogP contribution in [0.15, 0.2) is 30.5 Å². The van der Waals surface area contributed by atoms with Crippen molar-refractivity contribution in [1.82, 2.24) is 4.98 Å². The van der Waals surface area contributed by atoms with Gasteiger partial charge in [0.2, 0.25) is 0 Å². The van der Waals surface area contributed by atoms with E-state index < -0.39 is 0 Å². The first kappa shape index (κ1) is 14.6. The van der Waals surface area contributed by atoms with Crippen molar-refractivity contribution in [2.75, 3.05) is 5.32 Å². The van der Waals surface area contributed by atoms with Crippen LogP contribution in [-0.4, -0.2) is 17.1 Å². The first-order chi connectivity index (χ1) is 10.0. The van der Waals surface area contributed by atoms with Gasteiger partial charge in [-0.15, -0.1) is 0 Å². The number of benzene rings is 1. The fraction of sp³-hybridized carbons (Fsp3) is 0.471. The number of halogens is 1. The Kier molecular flexibility index (Phi) is 4.05. The van der Waals surface area contributed by atoms with Gasteiger partial charge in [0.05, 0.1) is 5.52 Å². The highest BCUT2D eigenvalue weighted by molar-refractivity contribution is 6.31. The summed E-state index contributed by atoms with van der Waals surface area (Å²) >= 11 is 6.05. The van der Waals surface area contributed by atoms with Crippen molar-refractivity contribution in [1.29, 1.82) is 0 Å². The Bertz CT molecular complexity index is 643. The highest BCUT2D eigenvalue weighted by atomic mass is 35.5. The highest BCUT2D eigenvalue weighted by Gasteiger charge is 2.30. The van der Waals surface area contributed by atoms with Gasteiger partial charge < -0.3 is 11.1 Å². The molecule has 1 aromatic heterocycles. The van der Waals surface area contributed by atoms with Crippen molar-refractivity contribution in [3.05, 3.63) is 35.5 Å². The Morgan fingerprint density at radius 3 is 2.81 bits per heavy atom. The van der Waals surface area contributed by atoms with E-state index in [4.69, 9.17) is 17.3 Å². The Morgan fingerprint density at radius 1 is 1.19 bits per heavy atom. The summed E-state index contributed by atoms with van der Waals surface area (Å²) in [5, 5.41) is 5.55. The van der Waals surface area contributed by atoms with Gasteiger partial charge in [-0.2, -0.15) is 0 Å². The number of fused-ring (bicyclic) bond motifs is 1. The van der Waals surface area contributed by atoms with E-state index in [-0.39, 0.29) is 0 Å². The number of nitrogens with one attached hydrogen (secondary N) is 1. The van der Waals surface area contributed by atoms with Crippen LogP contribution in [0.2, 0.25) is 5.02 Å².